The molecule has 1 N–H and O–H groups in total. The second-order valence-corrected chi connectivity index (χ2v) is 9.14. The zero-order valence-corrected chi connectivity index (χ0v) is 19.2. The van der Waals surface area contributed by atoms with Crippen molar-refractivity contribution in [3.63, 3.8) is 0 Å². The fourth-order valence-electron chi connectivity index (χ4n) is 4.90. The van der Waals surface area contributed by atoms with Crippen LogP contribution in [0.3, 0.4) is 0 Å². The summed E-state index contributed by atoms with van der Waals surface area (Å²) in [5, 5.41) is 1.08. The molecular formula is C27H28N2O4. The van der Waals surface area contributed by atoms with Crippen LogP contribution in [-0.4, -0.2) is 27.9 Å². The SMILES string of the molecule is Cc1cc(C(=O)COC(=O)c2ccc3[nH]c4c(c3c2)CC(C)CC4)c(C)n1Cc1ccco1. The van der Waals surface area contributed by atoms with E-state index < -0.39 is 5.97 Å². The summed E-state index contributed by atoms with van der Waals surface area (Å²) < 4.78 is 12.9. The van der Waals surface area contributed by atoms with Crippen LogP contribution in [0.5, 0.6) is 0 Å². The molecular weight excluding hydrogens is 416 g/mol. The van der Waals surface area contributed by atoms with Crippen molar-refractivity contribution in [2.24, 2.45) is 5.92 Å². The predicted octanol–water partition coefficient (Wildman–Crippen LogP) is 5.39. The Balaban J connectivity index is 1.30. The number of aromatic amines is 1. The maximum atomic E-state index is 12.8. The molecule has 0 saturated heterocycles. The molecule has 5 rings (SSSR count). The van der Waals surface area contributed by atoms with Gasteiger partial charge in [0.2, 0.25) is 5.78 Å². The van der Waals surface area contributed by atoms with Crippen molar-refractivity contribution in [3.05, 3.63) is 82.2 Å². The third kappa shape index (κ3) is 4.01. The molecule has 6 nitrogen and oxygen atoms in total. The lowest BCUT2D eigenvalue weighted by Gasteiger charge is -2.18. The molecule has 0 bridgehead atoms. The maximum absolute atomic E-state index is 12.8. The van der Waals surface area contributed by atoms with Crippen molar-refractivity contribution in [1.82, 2.24) is 9.55 Å². The number of ether oxygens (including phenoxy) is 1. The van der Waals surface area contributed by atoms with E-state index in [-0.39, 0.29) is 12.4 Å². The van der Waals surface area contributed by atoms with Gasteiger partial charge in [-0.1, -0.05) is 6.92 Å². The first-order valence-electron chi connectivity index (χ1n) is 11.4. The van der Waals surface area contributed by atoms with Crippen LogP contribution >= 0.6 is 0 Å². The number of carbonyl (C=O) groups is 2. The molecule has 0 spiro atoms. The molecule has 1 aliphatic rings. The quantitative estimate of drug-likeness (QED) is 0.319. The van der Waals surface area contributed by atoms with Crippen LogP contribution in [0.25, 0.3) is 10.9 Å². The summed E-state index contributed by atoms with van der Waals surface area (Å²) >= 11 is 0. The number of furan rings is 1. The number of fused-ring (bicyclic) bond motifs is 3. The second kappa shape index (κ2) is 8.43. The summed E-state index contributed by atoms with van der Waals surface area (Å²) in [6, 6.07) is 11.2. The lowest BCUT2D eigenvalue weighted by atomic mass is 9.87. The number of Topliss-reactive ketones (excluding diaryl/α,β-unsaturated/α-hetero) is 1. The van der Waals surface area contributed by atoms with Gasteiger partial charge in [0, 0.05) is 33.5 Å². The van der Waals surface area contributed by atoms with Gasteiger partial charge >= 0.3 is 5.97 Å². The molecule has 0 fully saturated rings. The van der Waals surface area contributed by atoms with Gasteiger partial charge in [0.05, 0.1) is 18.4 Å². The number of aromatic nitrogens is 2. The first kappa shape index (κ1) is 21.3. The number of aryl methyl sites for hydroxylation is 2. The van der Waals surface area contributed by atoms with Crippen LogP contribution in [0.4, 0.5) is 0 Å². The van der Waals surface area contributed by atoms with Gasteiger partial charge in [-0.3, -0.25) is 4.79 Å². The number of ketones is 1. The fraction of sp³-hybridized carbons (Fsp3) is 0.333. The van der Waals surface area contributed by atoms with Crippen LogP contribution in [0.2, 0.25) is 0 Å². The number of benzene rings is 1. The fourth-order valence-corrected chi connectivity index (χ4v) is 4.90. The Labute approximate surface area is 192 Å². The summed E-state index contributed by atoms with van der Waals surface area (Å²) in [6.07, 6.45) is 4.87. The zero-order valence-electron chi connectivity index (χ0n) is 19.2. The van der Waals surface area contributed by atoms with Crippen molar-refractivity contribution >= 4 is 22.7 Å². The molecule has 1 aromatic carbocycles. The largest absolute Gasteiger partial charge is 0.467 e. The highest BCUT2D eigenvalue weighted by Gasteiger charge is 2.22. The van der Waals surface area contributed by atoms with E-state index in [1.807, 2.05) is 48.7 Å². The highest BCUT2D eigenvalue weighted by Crippen LogP contribution is 2.32. The van der Waals surface area contributed by atoms with Gasteiger partial charge in [-0.25, -0.2) is 4.79 Å². The van der Waals surface area contributed by atoms with Crippen LogP contribution in [0.15, 0.2) is 47.1 Å². The molecule has 0 saturated carbocycles. The highest BCUT2D eigenvalue weighted by atomic mass is 16.5. The molecule has 6 heteroatoms. The van der Waals surface area contributed by atoms with Gasteiger partial charge in [0.25, 0.3) is 0 Å². The molecule has 1 atom stereocenters. The van der Waals surface area contributed by atoms with Crippen LogP contribution < -0.4 is 0 Å². The number of hydrogen-bond donors (Lipinski definition) is 1. The third-order valence-electron chi connectivity index (χ3n) is 6.77. The number of hydrogen-bond acceptors (Lipinski definition) is 4. The molecule has 3 heterocycles. The summed E-state index contributed by atoms with van der Waals surface area (Å²) in [4.78, 5) is 29.1. The van der Waals surface area contributed by atoms with Gasteiger partial charge in [-0.05, 0) is 81.0 Å². The number of H-pyrrole nitrogens is 1. The average molecular weight is 445 g/mol. The summed E-state index contributed by atoms with van der Waals surface area (Å²) in [7, 11) is 0. The number of nitrogens with one attached hydrogen (secondary N) is 1. The van der Waals surface area contributed by atoms with E-state index in [2.05, 4.69) is 11.9 Å². The van der Waals surface area contributed by atoms with Crippen molar-refractivity contribution in [2.45, 2.75) is 46.6 Å². The number of rotatable bonds is 6. The lowest BCUT2D eigenvalue weighted by Crippen LogP contribution is -2.15. The van der Waals surface area contributed by atoms with Crippen molar-refractivity contribution < 1.29 is 18.7 Å². The molecule has 4 aromatic rings. The number of esters is 1. The average Bonchev–Trinajstić information content (AvgIpc) is 3.51. The number of nitrogens with zero attached hydrogens (tertiary/aromatic N) is 1. The molecule has 0 aliphatic heterocycles. The maximum Gasteiger partial charge on any atom is 0.338 e. The van der Waals surface area contributed by atoms with E-state index in [1.54, 1.807) is 12.3 Å². The minimum Gasteiger partial charge on any atom is -0.467 e. The van der Waals surface area contributed by atoms with Gasteiger partial charge < -0.3 is 18.7 Å². The Morgan fingerprint density at radius 2 is 2.06 bits per heavy atom. The number of carbonyl (C=O) groups excluding carboxylic acids is 2. The molecule has 1 aliphatic carbocycles. The smallest absolute Gasteiger partial charge is 0.338 e. The normalized spacial score (nSPS) is 15.5. The van der Waals surface area contributed by atoms with E-state index >= 15 is 0 Å². The molecule has 0 amide bonds. The van der Waals surface area contributed by atoms with Crippen molar-refractivity contribution in [2.75, 3.05) is 6.61 Å². The summed E-state index contributed by atoms with van der Waals surface area (Å²) in [5.74, 6) is 0.764. The Morgan fingerprint density at radius 3 is 2.85 bits per heavy atom. The molecule has 0 radical (unpaired) electrons. The van der Waals surface area contributed by atoms with Gasteiger partial charge in [0.1, 0.15) is 5.76 Å². The van der Waals surface area contributed by atoms with E-state index in [9.17, 15) is 9.59 Å². The van der Waals surface area contributed by atoms with E-state index in [0.29, 0.717) is 23.6 Å². The molecule has 170 valence electrons. The standard InChI is InChI=1S/C27H28N2O4/c1-16-6-8-24-22(11-16)23-13-19(7-9-25(23)28-24)27(31)33-15-26(30)21-12-17(2)29(18(21)3)14-20-5-4-10-32-20/h4-5,7,9-10,12-13,16,28H,6,8,11,14-15H2,1-3H3. The monoisotopic (exact) mass is 444 g/mol. The van der Waals surface area contributed by atoms with Gasteiger partial charge in [0.15, 0.2) is 6.61 Å². The van der Waals surface area contributed by atoms with Crippen LogP contribution in [0, 0.1) is 19.8 Å². The van der Waals surface area contributed by atoms with E-state index in [1.165, 1.54) is 17.7 Å². The van der Waals surface area contributed by atoms with E-state index in [4.69, 9.17) is 9.15 Å². The predicted molar refractivity (Wildman–Crippen MR) is 126 cm³/mol. The molecule has 3 aromatic heterocycles. The lowest BCUT2D eigenvalue weighted by molar-refractivity contribution is 0.0474. The summed E-state index contributed by atoms with van der Waals surface area (Å²) in [6.45, 7) is 6.37. The summed E-state index contributed by atoms with van der Waals surface area (Å²) in [5.41, 5.74) is 6.45. The minimum absolute atomic E-state index is 0.212. The minimum atomic E-state index is -0.478. The third-order valence-corrected chi connectivity index (χ3v) is 6.77. The van der Waals surface area contributed by atoms with Gasteiger partial charge in [-0.15, -0.1) is 0 Å². The van der Waals surface area contributed by atoms with Crippen molar-refractivity contribution in [3.8, 4) is 0 Å². The van der Waals surface area contributed by atoms with Gasteiger partial charge in [-0.2, -0.15) is 0 Å². The van der Waals surface area contributed by atoms with Crippen LogP contribution in [-0.2, 0) is 24.1 Å². The first-order chi connectivity index (χ1) is 15.9. The Hall–Kier alpha value is -3.54. The van der Waals surface area contributed by atoms with Crippen LogP contribution in [0.1, 0.15) is 62.5 Å². The first-order valence-corrected chi connectivity index (χ1v) is 11.4. The zero-order chi connectivity index (χ0) is 23.1. The Morgan fingerprint density at radius 1 is 1.21 bits per heavy atom. The molecule has 1 unspecified atom stereocenters. The molecule has 33 heavy (non-hydrogen) atoms. The van der Waals surface area contributed by atoms with E-state index in [0.717, 1.165) is 40.9 Å². The van der Waals surface area contributed by atoms with Crippen molar-refractivity contribution in [1.29, 1.82) is 0 Å². The Bertz CT molecular complexity index is 1340. The highest BCUT2D eigenvalue weighted by molar-refractivity contribution is 6.01. The topological polar surface area (TPSA) is 77.2 Å². The second-order valence-electron chi connectivity index (χ2n) is 9.14. The Kier molecular flexibility index (Phi) is 5.44.